The number of carbonyl (C=O) groups excluding carboxylic acids is 1. The maximum atomic E-state index is 12.4. The number of nitrogens with one attached hydrogen (secondary N) is 2. The zero-order valence-electron chi connectivity index (χ0n) is 16.6. The molecule has 0 radical (unpaired) electrons. The van der Waals surface area contributed by atoms with Gasteiger partial charge in [-0.2, -0.15) is 5.26 Å². The Balaban J connectivity index is 1.98. The second-order valence-electron chi connectivity index (χ2n) is 7.08. The largest absolute Gasteiger partial charge is 0.465 e. The third-order valence-corrected chi connectivity index (χ3v) is 4.85. The molecule has 0 aromatic heterocycles. The number of amides is 2. The van der Waals surface area contributed by atoms with Crippen molar-refractivity contribution in [2.24, 2.45) is 4.99 Å². The van der Waals surface area contributed by atoms with E-state index in [-0.39, 0.29) is 35.2 Å². The van der Waals surface area contributed by atoms with Crippen LogP contribution in [0.3, 0.4) is 0 Å². The fraction of sp³-hybridized carbons (Fsp3) is 0.200. The maximum Gasteiger partial charge on any atom is 0.411 e. The molecule has 31 heavy (non-hydrogen) atoms. The Kier molecular flexibility index (Phi) is 5.56. The summed E-state index contributed by atoms with van der Waals surface area (Å²) in [5.41, 5.74) is 0.172. The van der Waals surface area contributed by atoms with E-state index < -0.39 is 16.6 Å². The third kappa shape index (κ3) is 4.43. The van der Waals surface area contributed by atoms with Gasteiger partial charge < -0.3 is 10.4 Å². The van der Waals surface area contributed by atoms with Gasteiger partial charge in [-0.15, -0.1) is 0 Å². The van der Waals surface area contributed by atoms with Crippen LogP contribution in [0.25, 0.3) is 0 Å². The van der Waals surface area contributed by atoms with Gasteiger partial charge in [-0.3, -0.25) is 25.1 Å². The van der Waals surface area contributed by atoms with E-state index in [0.29, 0.717) is 11.3 Å². The Morgan fingerprint density at radius 3 is 2.74 bits per heavy atom. The monoisotopic (exact) mass is 422 g/mol. The number of nitriles is 1. The summed E-state index contributed by atoms with van der Waals surface area (Å²) in [7, 11) is 1.43. The van der Waals surface area contributed by atoms with Crippen LogP contribution in [-0.4, -0.2) is 39.9 Å². The Hall–Kier alpha value is -4.46. The first-order valence-corrected chi connectivity index (χ1v) is 9.05. The van der Waals surface area contributed by atoms with Crippen molar-refractivity contribution < 1.29 is 19.6 Å². The zero-order chi connectivity index (χ0) is 22.8. The number of nitrogens with zero attached hydrogens (tertiary/aromatic N) is 4. The van der Waals surface area contributed by atoms with Crippen molar-refractivity contribution in [2.75, 3.05) is 12.4 Å². The average Bonchev–Trinajstić information content (AvgIpc) is 2.71. The number of anilines is 2. The van der Waals surface area contributed by atoms with E-state index in [1.807, 2.05) is 6.07 Å². The molecule has 11 nitrogen and oxygen atoms in total. The first kappa shape index (κ1) is 21.3. The molecule has 0 unspecified atom stereocenters. The number of guanidine groups is 1. The normalized spacial score (nSPS) is 18.0. The molecule has 0 aliphatic carbocycles. The van der Waals surface area contributed by atoms with Gasteiger partial charge in [-0.25, -0.2) is 9.79 Å². The lowest BCUT2D eigenvalue weighted by Gasteiger charge is -2.34. The summed E-state index contributed by atoms with van der Waals surface area (Å²) in [6.45, 7) is 1.70. The van der Waals surface area contributed by atoms with Gasteiger partial charge in [-0.1, -0.05) is 12.1 Å². The van der Waals surface area contributed by atoms with E-state index in [4.69, 9.17) is 10.4 Å². The smallest absolute Gasteiger partial charge is 0.411 e. The molecule has 158 valence electrons. The Morgan fingerprint density at radius 2 is 2.10 bits per heavy atom. The molecule has 3 rings (SSSR count). The van der Waals surface area contributed by atoms with Crippen molar-refractivity contribution in [1.29, 1.82) is 5.26 Å². The summed E-state index contributed by atoms with van der Waals surface area (Å²) in [6, 6.07) is 12.7. The van der Waals surface area contributed by atoms with Crippen LogP contribution in [0.1, 0.15) is 24.5 Å². The Bertz CT molecular complexity index is 1150. The SMILES string of the molecule is CN1C(=O)C[C@@](C)(c2cccc(Nc3ccc(C#N)cc3[N+](=O)[O-])c2)N=C1NC(=O)O. The van der Waals surface area contributed by atoms with E-state index in [1.54, 1.807) is 31.2 Å². The highest BCUT2D eigenvalue weighted by Gasteiger charge is 2.37. The number of nitro groups is 1. The first-order chi connectivity index (χ1) is 14.6. The van der Waals surface area contributed by atoms with E-state index in [1.165, 1.54) is 25.2 Å². The van der Waals surface area contributed by atoms with E-state index >= 15 is 0 Å². The molecule has 2 aromatic carbocycles. The summed E-state index contributed by atoms with van der Waals surface area (Å²) in [5.74, 6) is -0.408. The molecule has 1 atom stereocenters. The number of hydrogen-bond donors (Lipinski definition) is 3. The summed E-state index contributed by atoms with van der Waals surface area (Å²) < 4.78 is 0. The molecule has 0 saturated carbocycles. The molecule has 0 fully saturated rings. The number of nitro benzene ring substituents is 1. The summed E-state index contributed by atoms with van der Waals surface area (Å²) in [4.78, 5) is 39.8. The lowest BCUT2D eigenvalue weighted by Crippen LogP contribution is -2.51. The maximum absolute atomic E-state index is 12.4. The van der Waals surface area contributed by atoms with Gasteiger partial charge in [0.1, 0.15) is 5.69 Å². The number of carbonyl (C=O) groups is 2. The number of aliphatic imine (C=N–C) groups is 1. The molecule has 2 amide bonds. The van der Waals surface area contributed by atoms with Gasteiger partial charge >= 0.3 is 6.09 Å². The molecule has 1 aliphatic heterocycles. The summed E-state index contributed by atoms with van der Waals surface area (Å²) in [5, 5.41) is 34.4. The van der Waals surface area contributed by atoms with E-state index in [9.17, 15) is 19.7 Å². The molecule has 1 aliphatic rings. The molecular formula is C20H18N6O5. The molecule has 11 heteroatoms. The van der Waals surface area contributed by atoms with Crippen LogP contribution >= 0.6 is 0 Å². The van der Waals surface area contributed by atoms with Gasteiger partial charge in [0.2, 0.25) is 11.9 Å². The van der Waals surface area contributed by atoms with Crippen molar-refractivity contribution in [1.82, 2.24) is 10.2 Å². The Morgan fingerprint density at radius 1 is 1.35 bits per heavy atom. The van der Waals surface area contributed by atoms with Crippen molar-refractivity contribution in [3.63, 3.8) is 0 Å². The van der Waals surface area contributed by atoms with Crippen LogP contribution in [0.2, 0.25) is 0 Å². The summed E-state index contributed by atoms with van der Waals surface area (Å²) in [6.07, 6.45) is -1.33. The lowest BCUT2D eigenvalue weighted by atomic mass is 9.87. The van der Waals surface area contributed by atoms with Crippen molar-refractivity contribution in [3.8, 4) is 6.07 Å². The van der Waals surface area contributed by atoms with Crippen LogP contribution in [0.15, 0.2) is 47.5 Å². The highest BCUT2D eigenvalue weighted by atomic mass is 16.6. The van der Waals surface area contributed by atoms with Gasteiger partial charge in [-0.05, 0) is 36.8 Å². The predicted octanol–water partition coefficient (Wildman–Crippen LogP) is 2.91. The molecular weight excluding hydrogens is 404 g/mol. The topological polar surface area (TPSA) is 161 Å². The van der Waals surface area contributed by atoms with Crippen LogP contribution in [-0.2, 0) is 10.3 Å². The van der Waals surface area contributed by atoms with Crippen LogP contribution in [0.5, 0.6) is 0 Å². The second kappa shape index (κ2) is 8.11. The minimum atomic E-state index is -1.34. The van der Waals surface area contributed by atoms with Crippen molar-refractivity contribution in [2.45, 2.75) is 18.9 Å². The summed E-state index contributed by atoms with van der Waals surface area (Å²) >= 11 is 0. The molecule has 2 aromatic rings. The number of benzene rings is 2. The lowest BCUT2D eigenvalue weighted by molar-refractivity contribution is -0.383. The molecule has 1 heterocycles. The highest BCUT2D eigenvalue weighted by Crippen LogP contribution is 2.35. The van der Waals surface area contributed by atoms with Crippen LogP contribution < -0.4 is 10.6 Å². The molecule has 0 bridgehead atoms. The fourth-order valence-electron chi connectivity index (χ4n) is 3.20. The van der Waals surface area contributed by atoms with Gasteiger partial charge in [0.05, 0.1) is 28.5 Å². The quantitative estimate of drug-likeness (QED) is 0.504. The second-order valence-corrected chi connectivity index (χ2v) is 7.08. The number of rotatable bonds is 4. The van der Waals surface area contributed by atoms with Crippen molar-refractivity contribution in [3.05, 3.63) is 63.7 Å². The zero-order valence-corrected chi connectivity index (χ0v) is 16.6. The number of hydrogen-bond acceptors (Lipinski definition) is 7. The Labute approximate surface area is 176 Å². The van der Waals surface area contributed by atoms with Gasteiger partial charge in [0.25, 0.3) is 5.69 Å². The molecule has 3 N–H and O–H groups in total. The minimum absolute atomic E-state index is 0.00870. The van der Waals surface area contributed by atoms with E-state index in [2.05, 4.69) is 15.6 Å². The van der Waals surface area contributed by atoms with Crippen molar-refractivity contribution >= 4 is 35.0 Å². The minimum Gasteiger partial charge on any atom is -0.465 e. The highest BCUT2D eigenvalue weighted by molar-refractivity contribution is 6.04. The standard InChI is InChI=1S/C20H18N6O5/c1-20(10-17(27)25(2)18(24-20)23-19(28)29)13-4-3-5-14(9-13)22-15-7-6-12(11-21)8-16(15)26(30)31/h3-9,22H,10H2,1-2H3,(H,23,24)(H,28,29)/t20-/m0/s1. The van der Waals surface area contributed by atoms with Gasteiger partial charge in [0.15, 0.2) is 0 Å². The molecule has 0 spiro atoms. The number of carboxylic acid groups (broad SMARTS) is 1. The van der Waals surface area contributed by atoms with Crippen LogP contribution in [0, 0.1) is 21.4 Å². The van der Waals surface area contributed by atoms with E-state index in [0.717, 1.165) is 4.90 Å². The predicted molar refractivity (Wildman–Crippen MR) is 111 cm³/mol. The first-order valence-electron chi connectivity index (χ1n) is 9.05. The van der Waals surface area contributed by atoms with Gasteiger partial charge in [0, 0.05) is 18.8 Å². The fourth-order valence-corrected chi connectivity index (χ4v) is 3.20. The van der Waals surface area contributed by atoms with Crippen LogP contribution in [0.4, 0.5) is 21.9 Å². The average molecular weight is 422 g/mol. The third-order valence-electron chi connectivity index (χ3n) is 4.85. The molecule has 0 saturated heterocycles.